The first-order valence-electron chi connectivity index (χ1n) is 6.79. The first-order valence-corrected chi connectivity index (χ1v) is 6.79. The zero-order valence-corrected chi connectivity index (χ0v) is 12.2. The van der Waals surface area contributed by atoms with Crippen molar-refractivity contribution < 1.29 is 14.8 Å². The van der Waals surface area contributed by atoms with Crippen LogP contribution in [0.3, 0.4) is 0 Å². The first-order chi connectivity index (χ1) is 9.95. The van der Waals surface area contributed by atoms with Crippen molar-refractivity contribution in [2.45, 2.75) is 26.3 Å². The number of hydrogen-bond acceptors (Lipinski definition) is 4. The molecule has 6 nitrogen and oxygen atoms in total. The summed E-state index contributed by atoms with van der Waals surface area (Å²) in [6.07, 6.45) is 3.61. The van der Waals surface area contributed by atoms with Crippen LogP contribution in [0.25, 0.3) is 6.08 Å². The summed E-state index contributed by atoms with van der Waals surface area (Å²) in [7, 11) is 0. The molecule has 1 aromatic rings. The van der Waals surface area contributed by atoms with Crippen LogP contribution in [0.5, 0.6) is 0 Å². The molecule has 0 heterocycles. The maximum atomic E-state index is 12.1. The molecule has 0 aliphatic carbocycles. The number of amides is 1. The Labute approximate surface area is 123 Å². The summed E-state index contributed by atoms with van der Waals surface area (Å²) in [6, 6.07) is 6.03. The van der Waals surface area contributed by atoms with Gasteiger partial charge in [-0.3, -0.25) is 14.9 Å². The van der Waals surface area contributed by atoms with Gasteiger partial charge in [0.05, 0.1) is 4.92 Å². The van der Waals surface area contributed by atoms with Crippen molar-refractivity contribution in [2.75, 3.05) is 13.2 Å². The summed E-state index contributed by atoms with van der Waals surface area (Å²) < 4.78 is 0. The van der Waals surface area contributed by atoms with Crippen molar-refractivity contribution in [2.24, 2.45) is 0 Å². The number of non-ortho nitro benzene ring substituents is 1. The molecule has 1 aromatic carbocycles. The molecule has 0 fully saturated rings. The van der Waals surface area contributed by atoms with Gasteiger partial charge < -0.3 is 10.0 Å². The van der Waals surface area contributed by atoms with Gasteiger partial charge in [0, 0.05) is 37.4 Å². The van der Waals surface area contributed by atoms with E-state index >= 15 is 0 Å². The van der Waals surface area contributed by atoms with Crippen molar-refractivity contribution in [1.29, 1.82) is 0 Å². The number of aliphatic hydroxyl groups is 1. The minimum absolute atomic E-state index is 0.0187. The molecule has 6 heteroatoms. The van der Waals surface area contributed by atoms with Gasteiger partial charge >= 0.3 is 0 Å². The number of aliphatic hydroxyl groups excluding tert-OH is 1. The number of nitro groups is 1. The summed E-state index contributed by atoms with van der Waals surface area (Å²) in [4.78, 5) is 23.8. The van der Waals surface area contributed by atoms with Crippen LogP contribution in [-0.2, 0) is 4.79 Å². The molecule has 21 heavy (non-hydrogen) atoms. The van der Waals surface area contributed by atoms with E-state index in [4.69, 9.17) is 5.11 Å². The molecule has 0 aliphatic rings. The molecule has 0 aliphatic heterocycles. The van der Waals surface area contributed by atoms with Gasteiger partial charge in [0.1, 0.15) is 0 Å². The summed E-state index contributed by atoms with van der Waals surface area (Å²) >= 11 is 0. The molecular weight excluding hydrogens is 272 g/mol. The average Bonchev–Trinajstić information content (AvgIpc) is 2.45. The lowest BCUT2D eigenvalue weighted by Gasteiger charge is -2.25. The van der Waals surface area contributed by atoms with E-state index in [1.54, 1.807) is 23.1 Å². The maximum Gasteiger partial charge on any atom is 0.269 e. The standard InChI is InChI=1S/C15H20N2O4/c1-12(2)16(10-3-11-18)15(19)9-6-13-4-7-14(8-5-13)17(20)21/h4-9,12,18H,3,10-11H2,1-2H3/b9-6+. The molecular formula is C15H20N2O4. The molecule has 0 saturated heterocycles. The fourth-order valence-electron chi connectivity index (χ4n) is 1.83. The van der Waals surface area contributed by atoms with Gasteiger partial charge in [-0.2, -0.15) is 0 Å². The Bertz CT molecular complexity index is 509. The smallest absolute Gasteiger partial charge is 0.269 e. The van der Waals surface area contributed by atoms with Gasteiger partial charge in [-0.15, -0.1) is 0 Å². The van der Waals surface area contributed by atoms with E-state index in [1.165, 1.54) is 18.2 Å². The molecule has 0 unspecified atom stereocenters. The van der Waals surface area contributed by atoms with E-state index in [9.17, 15) is 14.9 Å². The first kappa shape index (κ1) is 16.8. The van der Waals surface area contributed by atoms with Crippen LogP contribution in [0.4, 0.5) is 5.69 Å². The van der Waals surface area contributed by atoms with Crippen LogP contribution < -0.4 is 0 Å². The molecule has 0 radical (unpaired) electrons. The van der Waals surface area contributed by atoms with E-state index < -0.39 is 4.92 Å². The van der Waals surface area contributed by atoms with Crippen molar-refractivity contribution in [3.8, 4) is 0 Å². The summed E-state index contributed by atoms with van der Waals surface area (Å²) in [5, 5.41) is 19.4. The quantitative estimate of drug-likeness (QED) is 0.474. The van der Waals surface area contributed by atoms with E-state index in [1.807, 2.05) is 13.8 Å². The van der Waals surface area contributed by atoms with Crippen LogP contribution in [-0.4, -0.2) is 40.0 Å². The summed E-state index contributed by atoms with van der Waals surface area (Å²) in [5.74, 6) is -0.142. The third-order valence-electron chi connectivity index (χ3n) is 2.99. The second kappa shape index (κ2) is 8.16. The van der Waals surface area contributed by atoms with Crippen LogP contribution in [0.2, 0.25) is 0 Å². The largest absolute Gasteiger partial charge is 0.396 e. The highest BCUT2D eigenvalue weighted by atomic mass is 16.6. The zero-order chi connectivity index (χ0) is 15.8. The van der Waals surface area contributed by atoms with Crippen LogP contribution >= 0.6 is 0 Å². The molecule has 0 bridgehead atoms. The number of carbonyl (C=O) groups excluding carboxylic acids is 1. The highest BCUT2D eigenvalue weighted by Gasteiger charge is 2.13. The topological polar surface area (TPSA) is 83.7 Å². The van der Waals surface area contributed by atoms with E-state index in [-0.39, 0.29) is 24.2 Å². The minimum atomic E-state index is -0.464. The molecule has 0 atom stereocenters. The Kier molecular flexibility index (Phi) is 6.55. The van der Waals surface area contributed by atoms with Crippen molar-refractivity contribution >= 4 is 17.7 Å². The Morgan fingerprint density at radius 3 is 2.48 bits per heavy atom. The molecule has 0 spiro atoms. The fraction of sp³-hybridized carbons (Fsp3) is 0.400. The lowest BCUT2D eigenvalue weighted by atomic mass is 10.2. The molecule has 1 N–H and O–H groups in total. The van der Waals surface area contributed by atoms with E-state index in [0.717, 1.165) is 5.56 Å². The van der Waals surface area contributed by atoms with E-state index in [2.05, 4.69) is 0 Å². The average molecular weight is 292 g/mol. The van der Waals surface area contributed by atoms with Gasteiger partial charge in [-0.05, 0) is 44.0 Å². The monoisotopic (exact) mass is 292 g/mol. The third kappa shape index (κ3) is 5.35. The van der Waals surface area contributed by atoms with Gasteiger partial charge in [0.15, 0.2) is 0 Å². The Hall–Kier alpha value is -2.21. The third-order valence-corrected chi connectivity index (χ3v) is 2.99. The highest BCUT2D eigenvalue weighted by molar-refractivity contribution is 5.92. The van der Waals surface area contributed by atoms with Gasteiger partial charge in [0.25, 0.3) is 5.69 Å². The second-order valence-electron chi connectivity index (χ2n) is 4.88. The number of hydrogen-bond donors (Lipinski definition) is 1. The maximum absolute atomic E-state index is 12.1. The number of benzene rings is 1. The summed E-state index contributed by atoms with van der Waals surface area (Å²) in [6.45, 7) is 4.37. The van der Waals surface area contributed by atoms with Gasteiger partial charge in [0.2, 0.25) is 5.91 Å². The lowest BCUT2D eigenvalue weighted by Crippen LogP contribution is -2.36. The number of nitrogens with zero attached hydrogens (tertiary/aromatic N) is 2. The normalized spacial score (nSPS) is 11.0. The van der Waals surface area contributed by atoms with E-state index in [0.29, 0.717) is 13.0 Å². The highest BCUT2D eigenvalue weighted by Crippen LogP contribution is 2.13. The van der Waals surface area contributed by atoms with Crippen LogP contribution in [0, 0.1) is 10.1 Å². The van der Waals surface area contributed by atoms with Crippen LogP contribution in [0.15, 0.2) is 30.3 Å². The molecule has 114 valence electrons. The predicted molar refractivity (Wildman–Crippen MR) is 80.7 cm³/mol. The fourth-order valence-corrected chi connectivity index (χ4v) is 1.83. The van der Waals surface area contributed by atoms with Crippen molar-refractivity contribution in [1.82, 2.24) is 4.90 Å². The summed E-state index contributed by atoms with van der Waals surface area (Å²) in [5.41, 5.74) is 0.741. The molecule has 1 amide bonds. The number of rotatable bonds is 7. The number of nitro benzene ring substituents is 1. The molecule has 1 rings (SSSR count). The lowest BCUT2D eigenvalue weighted by molar-refractivity contribution is -0.384. The number of carbonyl (C=O) groups is 1. The minimum Gasteiger partial charge on any atom is -0.396 e. The molecule has 0 aromatic heterocycles. The van der Waals surface area contributed by atoms with Gasteiger partial charge in [-0.25, -0.2) is 0 Å². The van der Waals surface area contributed by atoms with Crippen molar-refractivity contribution in [3.05, 3.63) is 46.0 Å². The second-order valence-corrected chi connectivity index (χ2v) is 4.88. The zero-order valence-electron chi connectivity index (χ0n) is 12.2. The Balaban J connectivity index is 2.73. The van der Waals surface area contributed by atoms with Crippen LogP contribution in [0.1, 0.15) is 25.8 Å². The van der Waals surface area contributed by atoms with Crippen molar-refractivity contribution in [3.63, 3.8) is 0 Å². The Morgan fingerprint density at radius 2 is 2.00 bits per heavy atom. The van der Waals surface area contributed by atoms with Gasteiger partial charge in [-0.1, -0.05) is 0 Å². The Morgan fingerprint density at radius 1 is 1.38 bits per heavy atom. The predicted octanol–water partition coefficient (Wildman–Crippen LogP) is 2.23. The SMILES string of the molecule is CC(C)N(CCCO)C(=O)/C=C/c1ccc([N+](=O)[O-])cc1. The molecule has 0 saturated carbocycles.